The number of rotatable bonds is 4. The Morgan fingerprint density at radius 2 is 2.00 bits per heavy atom. The molecule has 1 atom stereocenters. The Balaban J connectivity index is 1.94. The van der Waals surface area contributed by atoms with Gasteiger partial charge in [0.05, 0.1) is 0 Å². The predicted molar refractivity (Wildman–Crippen MR) is 77.0 cm³/mol. The zero-order chi connectivity index (χ0) is 15.2. The largest absolute Gasteiger partial charge is 0.480 e. The number of benzene rings is 1. The van der Waals surface area contributed by atoms with E-state index >= 15 is 0 Å². The molecule has 0 aliphatic carbocycles. The van der Waals surface area contributed by atoms with Crippen LogP contribution < -0.4 is 0 Å². The number of aliphatic carboxylic acids is 1. The maximum absolute atomic E-state index is 12.8. The highest BCUT2D eigenvalue weighted by atomic mass is 19.1. The topological polar surface area (TPSA) is 57.6 Å². The minimum Gasteiger partial charge on any atom is -0.480 e. The van der Waals surface area contributed by atoms with Crippen LogP contribution in [-0.4, -0.2) is 34.5 Å². The molecule has 1 fully saturated rings. The third kappa shape index (κ3) is 4.15. The number of carboxylic acids is 1. The van der Waals surface area contributed by atoms with Crippen molar-refractivity contribution in [2.45, 2.75) is 31.7 Å². The van der Waals surface area contributed by atoms with E-state index in [4.69, 9.17) is 5.11 Å². The van der Waals surface area contributed by atoms with Crippen molar-refractivity contribution in [2.75, 3.05) is 6.54 Å². The van der Waals surface area contributed by atoms with Gasteiger partial charge in [-0.2, -0.15) is 0 Å². The summed E-state index contributed by atoms with van der Waals surface area (Å²) in [7, 11) is 0. The molecule has 2 rings (SSSR count). The van der Waals surface area contributed by atoms with Crippen LogP contribution in [0.15, 0.2) is 30.3 Å². The van der Waals surface area contributed by atoms with Crippen LogP contribution in [0.3, 0.4) is 0 Å². The van der Waals surface area contributed by atoms with Crippen molar-refractivity contribution < 1.29 is 19.1 Å². The summed E-state index contributed by atoms with van der Waals surface area (Å²) in [6, 6.07) is 5.25. The molecule has 0 aromatic heterocycles. The third-order valence-corrected chi connectivity index (χ3v) is 3.58. The fourth-order valence-electron chi connectivity index (χ4n) is 2.47. The number of carbonyl (C=O) groups is 2. The maximum Gasteiger partial charge on any atom is 0.326 e. The smallest absolute Gasteiger partial charge is 0.326 e. The number of hydrogen-bond donors (Lipinski definition) is 1. The Labute approximate surface area is 122 Å². The van der Waals surface area contributed by atoms with Crippen LogP contribution in [0.2, 0.25) is 0 Å². The lowest BCUT2D eigenvalue weighted by Crippen LogP contribution is -2.47. The van der Waals surface area contributed by atoms with E-state index in [1.165, 1.54) is 17.0 Å². The van der Waals surface area contributed by atoms with Gasteiger partial charge in [0, 0.05) is 13.0 Å². The highest BCUT2D eigenvalue weighted by molar-refractivity contribution is 5.85. The monoisotopic (exact) mass is 291 g/mol. The average Bonchev–Trinajstić information content (AvgIpc) is 2.49. The molecule has 112 valence electrons. The normalized spacial score (nSPS) is 18.9. The van der Waals surface area contributed by atoms with Gasteiger partial charge in [-0.25, -0.2) is 9.18 Å². The van der Waals surface area contributed by atoms with E-state index in [-0.39, 0.29) is 18.1 Å². The summed E-state index contributed by atoms with van der Waals surface area (Å²) in [4.78, 5) is 24.7. The van der Waals surface area contributed by atoms with E-state index in [0.717, 1.165) is 18.4 Å². The standard InChI is InChI=1S/C16H18FNO3/c17-13-9-7-12(8-10-13)4-3-6-15(19)18-11-2-1-5-14(18)16(20)21/h3-4,7-10,14H,1-2,5-6,11H2,(H,20,21)/b4-3+. The highest BCUT2D eigenvalue weighted by Gasteiger charge is 2.30. The first-order valence-electron chi connectivity index (χ1n) is 7.02. The highest BCUT2D eigenvalue weighted by Crippen LogP contribution is 2.18. The van der Waals surface area contributed by atoms with Gasteiger partial charge in [0.25, 0.3) is 0 Å². The molecule has 1 saturated heterocycles. The summed E-state index contributed by atoms with van der Waals surface area (Å²) in [6.07, 6.45) is 5.77. The van der Waals surface area contributed by atoms with Gasteiger partial charge in [0.15, 0.2) is 0 Å². The van der Waals surface area contributed by atoms with Crippen LogP contribution in [-0.2, 0) is 9.59 Å². The number of likely N-dealkylation sites (tertiary alicyclic amines) is 1. The van der Waals surface area contributed by atoms with Gasteiger partial charge in [-0.3, -0.25) is 4.79 Å². The first-order valence-corrected chi connectivity index (χ1v) is 7.02. The summed E-state index contributed by atoms with van der Waals surface area (Å²) >= 11 is 0. The van der Waals surface area contributed by atoms with Crippen molar-refractivity contribution in [3.63, 3.8) is 0 Å². The van der Waals surface area contributed by atoms with Gasteiger partial charge in [0.2, 0.25) is 5.91 Å². The van der Waals surface area contributed by atoms with E-state index in [0.29, 0.717) is 13.0 Å². The molecule has 0 spiro atoms. The fraction of sp³-hybridized carbons (Fsp3) is 0.375. The number of carboxylic acid groups (broad SMARTS) is 1. The van der Waals surface area contributed by atoms with Crippen LogP contribution in [0.1, 0.15) is 31.2 Å². The summed E-state index contributed by atoms with van der Waals surface area (Å²) in [5.74, 6) is -1.42. The molecule has 21 heavy (non-hydrogen) atoms. The van der Waals surface area contributed by atoms with E-state index in [1.54, 1.807) is 24.3 Å². The summed E-state index contributed by atoms with van der Waals surface area (Å²) in [5, 5.41) is 9.14. The van der Waals surface area contributed by atoms with Crippen molar-refractivity contribution in [3.8, 4) is 0 Å². The Kier molecular flexibility index (Phi) is 5.09. The van der Waals surface area contributed by atoms with Crippen LogP contribution in [0.25, 0.3) is 6.08 Å². The van der Waals surface area contributed by atoms with E-state index in [9.17, 15) is 14.0 Å². The number of piperidine rings is 1. The van der Waals surface area contributed by atoms with E-state index in [1.807, 2.05) is 0 Å². The summed E-state index contributed by atoms with van der Waals surface area (Å²) in [6.45, 7) is 0.500. The molecule has 5 heteroatoms. The Morgan fingerprint density at radius 3 is 2.67 bits per heavy atom. The number of hydrogen-bond acceptors (Lipinski definition) is 2. The van der Waals surface area contributed by atoms with Crippen LogP contribution >= 0.6 is 0 Å². The molecule has 1 unspecified atom stereocenters. The number of halogens is 1. The lowest BCUT2D eigenvalue weighted by molar-refractivity contribution is -0.151. The number of carbonyl (C=O) groups excluding carboxylic acids is 1. The van der Waals surface area contributed by atoms with Crippen molar-refractivity contribution in [1.82, 2.24) is 4.90 Å². The summed E-state index contributed by atoms with van der Waals surface area (Å²) in [5.41, 5.74) is 0.803. The second-order valence-electron chi connectivity index (χ2n) is 5.09. The first-order chi connectivity index (χ1) is 10.1. The Morgan fingerprint density at radius 1 is 1.29 bits per heavy atom. The molecule has 1 N–H and O–H groups in total. The maximum atomic E-state index is 12.8. The molecule has 1 aliphatic rings. The van der Waals surface area contributed by atoms with Crippen LogP contribution in [0.5, 0.6) is 0 Å². The molecule has 1 heterocycles. The van der Waals surface area contributed by atoms with Crippen LogP contribution in [0, 0.1) is 5.82 Å². The van der Waals surface area contributed by atoms with Gasteiger partial charge in [-0.15, -0.1) is 0 Å². The van der Waals surface area contributed by atoms with Crippen molar-refractivity contribution in [1.29, 1.82) is 0 Å². The molecular formula is C16H18FNO3. The second kappa shape index (κ2) is 7.02. The molecule has 1 aromatic rings. The predicted octanol–water partition coefficient (Wildman–Crippen LogP) is 2.69. The van der Waals surface area contributed by atoms with Gasteiger partial charge < -0.3 is 10.0 Å². The summed E-state index contributed by atoms with van der Waals surface area (Å²) < 4.78 is 12.8. The molecule has 0 bridgehead atoms. The van der Waals surface area contributed by atoms with Gasteiger partial charge in [-0.1, -0.05) is 24.3 Å². The zero-order valence-electron chi connectivity index (χ0n) is 11.7. The molecule has 1 aliphatic heterocycles. The lowest BCUT2D eigenvalue weighted by atomic mass is 10.0. The van der Waals surface area contributed by atoms with E-state index in [2.05, 4.69) is 0 Å². The SMILES string of the molecule is O=C(O)C1CCCCN1C(=O)C/C=C/c1ccc(F)cc1. The molecular weight excluding hydrogens is 273 g/mol. The minimum absolute atomic E-state index is 0.154. The van der Waals surface area contributed by atoms with Crippen molar-refractivity contribution >= 4 is 18.0 Å². The quantitative estimate of drug-likeness (QED) is 0.928. The number of amides is 1. The second-order valence-corrected chi connectivity index (χ2v) is 5.09. The van der Waals surface area contributed by atoms with Gasteiger partial charge in [-0.05, 0) is 37.0 Å². The zero-order valence-corrected chi connectivity index (χ0v) is 11.7. The lowest BCUT2D eigenvalue weighted by Gasteiger charge is -2.32. The minimum atomic E-state index is -0.939. The Bertz CT molecular complexity index is 539. The molecule has 0 saturated carbocycles. The molecule has 4 nitrogen and oxygen atoms in total. The van der Waals surface area contributed by atoms with Gasteiger partial charge >= 0.3 is 5.97 Å². The molecule has 1 amide bonds. The third-order valence-electron chi connectivity index (χ3n) is 3.58. The average molecular weight is 291 g/mol. The molecule has 1 aromatic carbocycles. The van der Waals surface area contributed by atoms with Crippen molar-refractivity contribution in [2.24, 2.45) is 0 Å². The fourth-order valence-corrected chi connectivity index (χ4v) is 2.47. The van der Waals surface area contributed by atoms with E-state index < -0.39 is 12.0 Å². The number of nitrogens with zero attached hydrogens (tertiary/aromatic N) is 1. The Hall–Kier alpha value is -2.17. The first kappa shape index (κ1) is 15.2. The van der Waals surface area contributed by atoms with Gasteiger partial charge in [0.1, 0.15) is 11.9 Å². The van der Waals surface area contributed by atoms with Crippen LogP contribution in [0.4, 0.5) is 4.39 Å². The van der Waals surface area contributed by atoms with Crippen molar-refractivity contribution in [3.05, 3.63) is 41.7 Å². The molecule has 0 radical (unpaired) electrons.